The van der Waals surface area contributed by atoms with Crippen molar-refractivity contribution in [3.05, 3.63) is 57.7 Å². The Balaban J connectivity index is 1.56. The summed E-state index contributed by atoms with van der Waals surface area (Å²) in [6.07, 6.45) is 0. The number of carbonyl (C=O) groups is 2. The predicted octanol–water partition coefficient (Wildman–Crippen LogP) is 2.81. The van der Waals surface area contributed by atoms with E-state index >= 15 is 0 Å². The molecule has 1 heterocycles. The number of benzene rings is 2. The quantitative estimate of drug-likeness (QED) is 0.667. The molecule has 136 valence electrons. The van der Waals surface area contributed by atoms with Gasteiger partial charge in [-0.15, -0.1) is 0 Å². The average molecular weight is 465 g/mol. The van der Waals surface area contributed by atoms with Gasteiger partial charge in [-0.3, -0.25) is 9.59 Å². The number of nitrogens with one attached hydrogen (secondary N) is 2. The second-order valence-corrected chi connectivity index (χ2v) is 7.14. The third-order valence-corrected chi connectivity index (χ3v) is 4.71. The van der Waals surface area contributed by atoms with Crippen molar-refractivity contribution in [2.75, 3.05) is 43.5 Å². The molecule has 7 heteroatoms. The highest BCUT2D eigenvalue weighted by atomic mass is 127. The van der Waals surface area contributed by atoms with E-state index in [1.54, 1.807) is 29.2 Å². The molecular formula is C19H20IN3O3. The molecule has 0 aliphatic carbocycles. The van der Waals surface area contributed by atoms with Crippen LogP contribution >= 0.6 is 22.6 Å². The van der Waals surface area contributed by atoms with Crippen molar-refractivity contribution >= 4 is 45.8 Å². The van der Waals surface area contributed by atoms with E-state index in [4.69, 9.17) is 4.74 Å². The second-order valence-electron chi connectivity index (χ2n) is 5.89. The molecule has 2 aromatic rings. The molecule has 1 aliphatic heterocycles. The van der Waals surface area contributed by atoms with Crippen molar-refractivity contribution in [3.63, 3.8) is 0 Å². The fourth-order valence-electron chi connectivity index (χ4n) is 2.63. The minimum Gasteiger partial charge on any atom is -0.378 e. The minimum atomic E-state index is -0.167. The molecule has 0 radical (unpaired) electrons. The van der Waals surface area contributed by atoms with Crippen LogP contribution in [0.1, 0.15) is 10.4 Å². The first-order valence-corrected chi connectivity index (χ1v) is 9.46. The highest BCUT2D eigenvalue weighted by molar-refractivity contribution is 14.1. The van der Waals surface area contributed by atoms with E-state index in [0.717, 1.165) is 9.26 Å². The smallest absolute Gasteiger partial charge is 0.254 e. The van der Waals surface area contributed by atoms with E-state index in [2.05, 4.69) is 33.2 Å². The maximum Gasteiger partial charge on any atom is 0.254 e. The van der Waals surface area contributed by atoms with Crippen molar-refractivity contribution in [1.29, 1.82) is 0 Å². The molecule has 6 nitrogen and oxygen atoms in total. The van der Waals surface area contributed by atoms with Gasteiger partial charge in [-0.2, -0.15) is 0 Å². The maximum absolute atomic E-state index is 12.5. The molecule has 0 atom stereocenters. The largest absolute Gasteiger partial charge is 0.378 e. The van der Waals surface area contributed by atoms with Gasteiger partial charge >= 0.3 is 0 Å². The van der Waals surface area contributed by atoms with Crippen LogP contribution in [0.2, 0.25) is 0 Å². The van der Waals surface area contributed by atoms with Crippen LogP contribution in [0, 0.1) is 3.57 Å². The van der Waals surface area contributed by atoms with Crippen LogP contribution in [0.15, 0.2) is 48.5 Å². The number of hydrogen-bond donors (Lipinski definition) is 2. The van der Waals surface area contributed by atoms with Crippen LogP contribution in [0.3, 0.4) is 0 Å². The normalized spacial score (nSPS) is 14.0. The van der Waals surface area contributed by atoms with Crippen LogP contribution in [0.4, 0.5) is 11.4 Å². The first-order valence-electron chi connectivity index (χ1n) is 8.38. The number of morpholine rings is 1. The molecule has 0 unspecified atom stereocenters. The average Bonchev–Trinajstić information content (AvgIpc) is 2.68. The first-order chi connectivity index (χ1) is 12.6. The number of anilines is 2. The third-order valence-electron chi connectivity index (χ3n) is 3.99. The van der Waals surface area contributed by atoms with Crippen LogP contribution in [-0.4, -0.2) is 49.6 Å². The molecule has 1 saturated heterocycles. The molecule has 0 spiro atoms. The van der Waals surface area contributed by atoms with Gasteiger partial charge in [0.25, 0.3) is 5.91 Å². The van der Waals surface area contributed by atoms with Gasteiger partial charge in [0.05, 0.1) is 19.8 Å². The fraction of sp³-hybridized carbons (Fsp3) is 0.263. The Bertz CT molecular complexity index is 774. The summed E-state index contributed by atoms with van der Waals surface area (Å²) in [6, 6.07) is 14.8. The number of halogens is 1. The molecule has 0 aromatic heterocycles. The van der Waals surface area contributed by atoms with Crippen molar-refractivity contribution in [3.8, 4) is 0 Å². The Morgan fingerprint density at radius 1 is 1.04 bits per heavy atom. The van der Waals surface area contributed by atoms with E-state index in [1.807, 2.05) is 24.3 Å². The number of amides is 2. The van der Waals surface area contributed by atoms with E-state index in [0.29, 0.717) is 37.6 Å². The molecular weight excluding hydrogens is 445 g/mol. The third kappa shape index (κ3) is 5.18. The summed E-state index contributed by atoms with van der Waals surface area (Å²) in [6.45, 7) is 2.46. The van der Waals surface area contributed by atoms with Gasteiger partial charge in [0.15, 0.2) is 0 Å². The predicted molar refractivity (Wildman–Crippen MR) is 109 cm³/mol. The summed E-state index contributed by atoms with van der Waals surface area (Å²) < 4.78 is 6.41. The van der Waals surface area contributed by atoms with Crippen LogP contribution in [0.5, 0.6) is 0 Å². The standard InChI is InChI=1S/C19H20IN3O3/c20-15-4-6-16(7-5-15)21-13-18(24)22-17-3-1-2-14(12-17)19(25)23-8-10-26-11-9-23/h1-7,12,21H,8-11,13H2,(H,22,24). The van der Waals surface area contributed by atoms with E-state index < -0.39 is 0 Å². The Hall–Kier alpha value is -2.13. The molecule has 0 bridgehead atoms. The van der Waals surface area contributed by atoms with Gasteiger partial charge in [0, 0.05) is 33.6 Å². The second kappa shape index (κ2) is 9.00. The summed E-state index contributed by atoms with van der Waals surface area (Å²) >= 11 is 2.23. The summed E-state index contributed by atoms with van der Waals surface area (Å²) in [5, 5.41) is 5.90. The first kappa shape index (κ1) is 18.7. The molecule has 2 aromatic carbocycles. The lowest BCUT2D eigenvalue weighted by Crippen LogP contribution is -2.40. The molecule has 2 amide bonds. The highest BCUT2D eigenvalue weighted by Gasteiger charge is 2.18. The lowest BCUT2D eigenvalue weighted by Gasteiger charge is -2.27. The van der Waals surface area contributed by atoms with Gasteiger partial charge in [0.1, 0.15) is 0 Å². The van der Waals surface area contributed by atoms with E-state index in [9.17, 15) is 9.59 Å². The van der Waals surface area contributed by atoms with Crippen molar-refractivity contribution in [2.45, 2.75) is 0 Å². The Labute approximate surface area is 166 Å². The highest BCUT2D eigenvalue weighted by Crippen LogP contribution is 2.14. The molecule has 1 aliphatic rings. The fourth-order valence-corrected chi connectivity index (χ4v) is 2.99. The van der Waals surface area contributed by atoms with Crippen molar-refractivity contribution in [2.24, 2.45) is 0 Å². The molecule has 26 heavy (non-hydrogen) atoms. The molecule has 2 N–H and O–H groups in total. The monoisotopic (exact) mass is 465 g/mol. The summed E-state index contributed by atoms with van der Waals surface area (Å²) in [5.74, 6) is -0.207. The topological polar surface area (TPSA) is 70.7 Å². The minimum absolute atomic E-state index is 0.0404. The number of nitrogens with zero attached hydrogens (tertiary/aromatic N) is 1. The number of hydrogen-bond acceptors (Lipinski definition) is 4. The van der Waals surface area contributed by atoms with Crippen molar-refractivity contribution in [1.82, 2.24) is 4.90 Å². The summed E-state index contributed by atoms with van der Waals surface area (Å²) in [7, 11) is 0. The zero-order chi connectivity index (χ0) is 18.4. The van der Waals surface area contributed by atoms with Gasteiger partial charge in [-0.25, -0.2) is 0 Å². The molecule has 3 rings (SSSR count). The van der Waals surface area contributed by atoms with Gasteiger partial charge < -0.3 is 20.3 Å². The van der Waals surface area contributed by atoms with Gasteiger partial charge in [-0.05, 0) is 65.1 Å². The van der Waals surface area contributed by atoms with Crippen LogP contribution in [0.25, 0.3) is 0 Å². The Morgan fingerprint density at radius 2 is 1.77 bits per heavy atom. The Kier molecular flexibility index (Phi) is 6.45. The number of ether oxygens (including phenoxy) is 1. The number of carbonyl (C=O) groups excluding carboxylic acids is 2. The van der Waals surface area contributed by atoms with Gasteiger partial charge in [-0.1, -0.05) is 6.07 Å². The zero-order valence-corrected chi connectivity index (χ0v) is 16.4. The SMILES string of the molecule is O=C(CNc1ccc(I)cc1)Nc1cccc(C(=O)N2CCOCC2)c1. The lowest BCUT2D eigenvalue weighted by molar-refractivity contribution is -0.114. The summed E-state index contributed by atoms with van der Waals surface area (Å²) in [5.41, 5.74) is 2.06. The summed E-state index contributed by atoms with van der Waals surface area (Å²) in [4.78, 5) is 26.4. The molecule has 0 saturated carbocycles. The number of rotatable bonds is 5. The zero-order valence-electron chi connectivity index (χ0n) is 14.2. The van der Waals surface area contributed by atoms with E-state index in [-0.39, 0.29) is 18.4 Å². The lowest BCUT2D eigenvalue weighted by atomic mass is 10.1. The van der Waals surface area contributed by atoms with Crippen LogP contribution < -0.4 is 10.6 Å². The van der Waals surface area contributed by atoms with E-state index in [1.165, 1.54) is 0 Å². The molecule has 1 fully saturated rings. The van der Waals surface area contributed by atoms with Crippen LogP contribution in [-0.2, 0) is 9.53 Å². The van der Waals surface area contributed by atoms with Crippen molar-refractivity contribution < 1.29 is 14.3 Å². The Morgan fingerprint density at radius 3 is 2.50 bits per heavy atom. The van der Waals surface area contributed by atoms with Gasteiger partial charge in [0.2, 0.25) is 5.91 Å². The maximum atomic E-state index is 12.5.